The van der Waals surface area contributed by atoms with Crippen molar-refractivity contribution in [3.05, 3.63) is 95.9 Å². The lowest BCUT2D eigenvalue weighted by Crippen LogP contribution is -2.58. The van der Waals surface area contributed by atoms with Gasteiger partial charge in [-0.15, -0.1) is 0 Å². The Hall–Kier alpha value is -4.00. The zero-order valence-electron chi connectivity index (χ0n) is 18.2. The zero-order chi connectivity index (χ0) is 22.6. The molecule has 4 aromatic rings. The number of aryl methyl sites for hydroxylation is 2. The van der Waals surface area contributed by atoms with Gasteiger partial charge in [-0.2, -0.15) is 0 Å². The third-order valence-electron chi connectivity index (χ3n) is 6.05. The standard InChI is InChI=1S/C26H25N5O2/c32-25-23(15-20-9-5-2-6-10-20)31(14-12-27-25)26(33)21-16-22-24(28-17-21)30(18-29-22)13-11-19-7-3-1-4-8-19/h1-10,16-18,23H,11-15H2,(H,27,32)/t23-/m0/s1. The van der Waals surface area contributed by atoms with Gasteiger partial charge in [0, 0.05) is 32.3 Å². The van der Waals surface area contributed by atoms with E-state index in [-0.39, 0.29) is 11.8 Å². The Morgan fingerprint density at radius 2 is 1.73 bits per heavy atom. The molecule has 1 aliphatic rings. The molecule has 2 aromatic carbocycles. The number of piperazine rings is 1. The Labute approximate surface area is 192 Å². The van der Waals surface area contributed by atoms with E-state index in [4.69, 9.17) is 0 Å². The third-order valence-corrected chi connectivity index (χ3v) is 6.05. The number of carbonyl (C=O) groups excluding carboxylic acids is 2. The summed E-state index contributed by atoms with van der Waals surface area (Å²) in [7, 11) is 0. The summed E-state index contributed by atoms with van der Waals surface area (Å²) in [5.74, 6) is -0.323. The molecule has 33 heavy (non-hydrogen) atoms. The van der Waals surface area contributed by atoms with Gasteiger partial charge in [0.1, 0.15) is 11.6 Å². The molecule has 0 bridgehead atoms. The average Bonchev–Trinajstić information content (AvgIpc) is 3.27. The highest BCUT2D eigenvalue weighted by Crippen LogP contribution is 2.18. The van der Waals surface area contributed by atoms with Crippen LogP contribution < -0.4 is 5.32 Å². The smallest absolute Gasteiger partial charge is 0.256 e. The fourth-order valence-electron chi connectivity index (χ4n) is 4.29. The van der Waals surface area contributed by atoms with E-state index in [0.29, 0.717) is 30.6 Å². The summed E-state index contributed by atoms with van der Waals surface area (Å²) in [6, 6.07) is 21.3. The Bertz CT molecular complexity index is 1270. The molecule has 1 atom stereocenters. The second kappa shape index (κ2) is 9.24. The largest absolute Gasteiger partial charge is 0.353 e. The molecule has 2 amide bonds. The summed E-state index contributed by atoms with van der Waals surface area (Å²) < 4.78 is 2.00. The van der Waals surface area contributed by atoms with Gasteiger partial charge in [-0.1, -0.05) is 60.7 Å². The van der Waals surface area contributed by atoms with Crippen molar-refractivity contribution in [2.75, 3.05) is 13.1 Å². The minimum atomic E-state index is -0.548. The molecular formula is C26H25N5O2. The van der Waals surface area contributed by atoms with Crippen LogP contribution in [0.3, 0.4) is 0 Å². The van der Waals surface area contributed by atoms with Crippen LogP contribution >= 0.6 is 0 Å². The second-order valence-electron chi connectivity index (χ2n) is 8.24. The van der Waals surface area contributed by atoms with Gasteiger partial charge in [-0.3, -0.25) is 9.59 Å². The third kappa shape index (κ3) is 4.48. The summed E-state index contributed by atoms with van der Waals surface area (Å²) in [4.78, 5) is 36.7. The molecule has 5 rings (SSSR count). The van der Waals surface area contributed by atoms with Gasteiger partial charge in [0.25, 0.3) is 5.91 Å². The number of rotatable bonds is 6. The number of nitrogens with zero attached hydrogens (tertiary/aromatic N) is 4. The second-order valence-corrected chi connectivity index (χ2v) is 8.24. The van der Waals surface area contributed by atoms with Crippen molar-refractivity contribution in [2.24, 2.45) is 0 Å². The highest BCUT2D eigenvalue weighted by atomic mass is 16.2. The average molecular weight is 440 g/mol. The van der Waals surface area contributed by atoms with E-state index in [9.17, 15) is 9.59 Å². The molecule has 0 saturated carbocycles. The molecule has 0 spiro atoms. The highest BCUT2D eigenvalue weighted by molar-refractivity contribution is 5.99. The first-order valence-electron chi connectivity index (χ1n) is 11.2. The lowest BCUT2D eigenvalue weighted by Gasteiger charge is -2.35. The molecule has 0 aliphatic carbocycles. The lowest BCUT2D eigenvalue weighted by atomic mass is 10.0. The Balaban J connectivity index is 1.35. The molecule has 3 heterocycles. The topological polar surface area (TPSA) is 80.1 Å². The van der Waals surface area contributed by atoms with Crippen LogP contribution in [0.2, 0.25) is 0 Å². The maximum Gasteiger partial charge on any atom is 0.256 e. The summed E-state index contributed by atoms with van der Waals surface area (Å²) in [6.45, 7) is 1.66. The fraction of sp³-hybridized carbons (Fsp3) is 0.231. The predicted octanol–water partition coefficient (Wildman–Crippen LogP) is 2.86. The van der Waals surface area contributed by atoms with E-state index in [1.54, 1.807) is 23.5 Å². The molecule has 7 nitrogen and oxygen atoms in total. The van der Waals surface area contributed by atoms with Crippen LogP contribution in [0.4, 0.5) is 0 Å². The number of benzene rings is 2. The van der Waals surface area contributed by atoms with Crippen LogP contribution in [0.1, 0.15) is 21.5 Å². The number of carbonyl (C=O) groups is 2. The van der Waals surface area contributed by atoms with Crippen molar-refractivity contribution >= 4 is 23.0 Å². The minimum Gasteiger partial charge on any atom is -0.353 e. The van der Waals surface area contributed by atoms with Crippen molar-refractivity contribution in [3.63, 3.8) is 0 Å². The van der Waals surface area contributed by atoms with Crippen molar-refractivity contribution in [1.82, 2.24) is 24.8 Å². The minimum absolute atomic E-state index is 0.127. The van der Waals surface area contributed by atoms with Crippen molar-refractivity contribution < 1.29 is 9.59 Å². The normalized spacial score (nSPS) is 16.1. The summed E-state index contributed by atoms with van der Waals surface area (Å²) in [6.07, 6.45) is 4.71. The first kappa shape index (κ1) is 20.9. The molecule has 1 N–H and O–H groups in total. The molecule has 1 aliphatic heterocycles. The number of nitrogens with one attached hydrogen (secondary N) is 1. The van der Waals surface area contributed by atoms with Gasteiger partial charge in [0.2, 0.25) is 5.91 Å². The van der Waals surface area contributed by atoms with Crippen LogP contribution in [0.25, 0.3) is 11.2 Å². The molecule has 7 heteroatoms. The maximum atomic E-state index is 13.4. The number of hydrogen-bond donors (Lipinski definition) is 1. The van der Waals surface area contributed by atoms with Gasteiger partial charge in [0.15, 0.2) is 5.65 Å². The van der Waals surface area contributed by atoms with E-state index < -0.39 is 6.04 Å². The lowest BCUT2D eigenvalue weighted by molar-refractivity contribution is -0.127. The van der Waals surface area contributed by atoms with Gasteiger partial charge in [0.05, 0.1) is 11.9 Å². The monoisotopic (exact) mass is 439 g/mol. The first-order chi connectivity index (χ1) is 16.2. The summed E-state index contributed by atoms with van der Waals surface area (Å²) in [5, 5.41) is 2.89. The van der Waals surface area contributed by atoms with E-state index in [0.717, 1.165) is 24.2 Å². The molecule has 0 radical (unpaired) electrons. The molecule has 0 unspecified atom stereocenters. The molecule has 166 valence electrons. The Morgan fingerprint density at radius 3 is 2.48 bits per heavy atom. The van der Waals surface area contributed by atoms with Crippen molar-refractivity contribution in [2.45, 2.75) is 25.4 Å². The number of fused-ring (bicyclic) bond motifs is 1. The number of aromatic nitrogens is 3. The molecule has 1 saturated heterocycles. The van der Waals surface area contributed by atoms with E-state index in [2.05, 4.69) is 27.4 Å². The predicted molar refractivity (Wildman–Crippen MR) is 126 cm³/mol. The van der Waals surface area contributed by atoms with E-state index >= 15 is 0 Å². The SMILES string of the molecule is O=C1NCCN(C(=O)c2cnc3c(c2)ncn3CCc2ccccc2)[C@H]1Cc1ccccc1. The first-order valence-corrected chi connectivity index (χ1v) is 11.2. The van der Waals surface area contributed by atoms with Gasteiger partial charge < -0.3 is 14.8 Å². The van der Waals surface area contributed by atoms with Gasteiger partial charge in [-0.05, 0) is 23.6 Å². The fourth-order valence-corrected chi connectivity index (χ4v) is 4.29. The van der Waals surface area contributed by atoms with Gasteiger partial charge >= 0.3 is 0 Å². The highest BCUT2D eigenvalue weighted by Gasteiger charge is 2.33. The van der Waals surface area contributed by atoms with Crippen molar-refractivity contribution in [1.29, 1.82) is 0 Å². The van der Waals surface area contributed by atoms with Gasteiger partial charge in [-0.25, -0.2) is 9.97 Å². The molecular weight excluding hydrogens is 414 g/mol. The summed E-state index contributed by atoms with van der Waals surface area (Å²) >= 11 is 0. The van der Waals surface area contributed by atoms with Crippen molar-refractivity contribution in [3.8, 4) is 0 Å². The number of amides is 2. The molecule has 2 aromatic heterocycles. The maximum absolute atomic E-state index is 13.4. The van der Waals surface area contributed by atoms with Crippen LogP contribution in [-0.4, -0.2) is 50.4 Å². The number of pyridine rings is 1. The van der Waals surface area contributed by atoms with E-state index in [1.807, 2.05) is 53.1 Å². The van der Waals surface area contributed by atoms with Crippen LogP contribution in [0.5, 0.6) is 0 Å². The van der Waals surface area contributed by atoms with Crippen LogP contribution in [-0.2, 0) is 24.2 Å². The molecule has 1 fully saturated rings. The summed E-state index contributed by atoms with van der Waals surface area (Å²) in [5.41, 5.74) is 4.14. The van der Waals surface area contributed by atoms with Crippen LogP contribution in [0.15, 0.2) is 79.3 Å². The quantitative estimate of drug-likeness (QED) is 0.501. The Morgan fingerprint density at radius 1 is 1.00 bits per heavy atom. The number of hydrogen-bond acceptors (Lipinski definition) is 4. The van der Waals surface area contributed by atoms with Crippen LogP contribution in [0, 0.1) is 0 Å². The van der Waals surface area contributed by atoms with E-state index in [1.165, 1.54) is 5.56 Å². The Kier molecular flexibility index (Phi) is 5.85. The zero-order valence-corrected chi connectivity index (χ0v) is 18.2. The number of imidazole rings is 1.